The van der Waals surface area contributed by atoms with Crippen LogP contribution >= 0.6 is 0 Å². The van der Waals surface area contributed by atoms with Crippen molar-refractivity contribution in [2.45, 2.75) is 27.2 Å². The van der Waals surface area contributed by atoms with E-state index in [1.54, 1.807) is 0 Å². The van der Waals surface area contributed by atoms with Gasteiger partial charge >= 0.3 is 0 Å². The first-order valence-electron chi connectivity index (χ1n) is 3.47. The van der Waals surface area contributed by atoms with Gasteiger partial charge in [0.15, 0.2) is 0 Å². The van der Waals surface area contributed by atoms with Crippen LogP contribution in [0.2, 0.25) is 0 Å². The summed E-state index contributed by atoms with van der Waals surface area (Å²) >= 11 is 0. The monoisotopic (exact) mass is 124 g/mol. The molecule has 0 heteroatoms. The van der Waals surface area contributed by atoms with Gasteiger partial charge in [0.25, 0.3) is 0 Å². The van der Waals surface area contributed by atoms with Crippen molar-refractivity contribution in [3.63, 3.8) is 0 Å². The van der Waals surface area contributed by atoms with Gasteiger partial charge in [-0.15, -0.1) is 0 Å². The summed E-state index contributed by atoms with van der Waals surface area (Å²) in [6, 6.07) is 0. The summed E-state index contributed by atoms with van der Waals surface area (Å²) in [6.07, 6.45) is 5.22. The van der Waals surface area contributed by atoms with Gasteiger partial charge in [0.05, 0.1) is 0 Å². The van der Waals surface area contributed by atoms with Crippen LogP contribution in [-0.2, 0) is 0 Å². The zero-order valence-electron chi connectivity index (χ0n) is 6.65. The lowest BCUT2D eigenvalue weighted by molar-refractivity contribution is 0.651. The molecular formula is C9H16. The molecule has 0 heterocycles. The van der Waals surface area contributed by atoms with E-state index in [9.17, 15) is 0 Å². The average molecular weight is 124 g/mol. The molecule has 0 saturated heterocycles. The molecule has 0 saturated carbocycles. The van der Waals surface area contributed by atoms with Crippen LogP contribution in [0.15, 0.2) is 24.3 Å². The summed E-state index contributed by atoms with van der Waals surface area (Å²) in [5.41, 5.74) is 1.23. The van der Waals surface area contributed by atoms with Crippen LogP contribution in [0.5, 0.6) is 0 Å². The lowest BCUT2D eigenvalue weighted by Gasteiger charge is -2.01. The van der Waals surface area contributed by atoms with Crippen LogP contribution in [0.25, 0.3) is 0 Å². The third-order valence-corrected chi connectivity index (χ3v) is 1.07. The van der Waals surface area contributed by atoms with E-state index in [0.717, 1.165) is 12.3 Å². The average Bonchev–Trinajstić information content (AvgIpc) is 1.63. The topological polar surface area (TPSA) is 0 Å². The molecule has 0 fully saturated rings. The summed E-state index contributed by atoms with van der Waals surface area (Å²) in [4.78, 5) is 0. The fraction of sp³-hybridized carbons (Fsp3) is 0.556. The Morgan fingerprint density at radius 2 is 2.11 bits per heavy atom. The zero-order chi connectivity index (χ0) is 7.28. The van der Waals surface area contributed by atoms with Gasteiger partial charge in [0, 0.05) is 0 Å². The van der Waals surface area contributed by atoms with Gasteiger partial charge in [-0.1, -0.05) is 38.2 Å². The minimum Gasteiger partial charge on any atom is -0.0958 e. The Hall–Kier alpha value is -0.520. The molecule has 0 aromatic heterocycles. The van der Waals surface area contributed by atoms with Crippen LogP contribution in [-0.4, -0.2) is 0 Å². The van der Waals surface area contributed by atoms with E-state index in [-0.39, 0.29) is 0 Å². The van der Waals surface area contributed by atoms with Gasteiger partial charge in [-0.2, -0.15) is 0 Å². The van der Waals surface area contributed by atoms with Crippen molar-refractivity contribution >= 4 is 0 Å². The molecule has 0 aromatic carbocycles. The van der Waals surface area contributed by atoms with Crippen molar-refractivity contribution in [3.05, 3.63) is 24.3 Å². The van der Waals surface area contributed by atoms with Crippen LogP contribution in [0, 0.1) is 5.92 Å². The van der Waals surface area contributed by atoms with Crippen LogP contribution in [0.1, 0.15) is 27.2 Å². The predicted molar refractivity (Wildman–Crippen MR) is 43.4 cm³/mol. The molecule has 52 valence electrons. The highest BCUT2D eigenvalue weighted by molar-refractivity contribution is 5.13. The van der Waals surface area contributed by atoms with Crippen LogP contribution in [0.3, 0.4) is 0 Å². The molecule has 9 heavy (non-hydrogen) atoms. The Kier molecular flexibility index (Phi) is 4.12. The highest BCUT2D eigenvalue weighted by Gasteiger charge is 1.92. The summed E-state index contributed by atoms with van der Waals surface area (Å²) < 4.78 is 0. The van der Waals surface area contributed by atoms with Crippen molar-refractivity contribution in [1.82, 2.24) is 0 Å². The van der Waals surface area contributed by atoms with Gasteiger partial charge in [-0.3, -0.25) is 0 Å². The maximum absolute atomic E-state index is 3.90. The van der Waals surface area contributed by atoms with Crippen molar-refractivity contribution in [2.75, 3.05) is 0 Å². The number of rotatable bonds is 3. The first-order chi connectivity index (χ1) is 4.16. The van der Waals surface area contributed by atoms with E-state index in [1.807, 2.05) is 13.0 Å². The molecule has 0 aliphatic rings. The highest BCUT2D eigenvalue weighted by atomic mass is 14.0. The fourth-order valence-electron chi connectivity index (χ4n) is 0.828. The summed E-state index contributed by atoms with van der Waals surface area (Å²) in [5, 5.41) is 0. The largest absolute Gasteiger partial charge is 0.0958 e. The Labute approximate surface area is 58.3 Å². The standard InChI is InChI=1S/C9H16/c1-5-6-9(4)7-8(2)3/h5-6,8H,4,7H2,1-3H3/b6-5-. The summed E-state index contributed by atoms with van der Waals surface area (Å²) in [5.74, 6) is 0.730. The lowest BCUT2D eigenvalue weighted by atomic mass is 10.0. The molecule has 0 spiro atoms. The fourth-order valence-corrected chi connectivity index (χ4v) is 0.828. The highest BCUT2D eigenvalue weighted by Crippen LogP contribution is 2.08. The Bertz CT molecular complexity index is 107. The maximum Gasteiger partial charge on any atom is -0.0262 e. The second kappa shape index (κ2) is 4.37. The molecule has 0 rings (SSSR count). The smallest absolute Gasteiger partial charge is 0.0262 e. The normalized spacial score (nSPS) is 11.1. The van der Waals surface area contributed by atoms with Crippen LogP contribution in [0.4, 0.5) is 0 Å². The van der Waals surface area contributed by atoms with Gasteiger partial charge < -0.3 is 0 Å². The molecule has 0 N–H and O–H groups in total. The SMILES string of the molecule is C=C(/C=C\C)CC(C)C. The van der Waals surface area contributed by atoms with Crippen LogP contribution < -0.4 is 0 Å². The van der Waals surface area contributed by atoms with E-state index in [1.165, 1.54) is 5.57 Å². The summed E-state index contributed by atoms with van der Waals surface area (Å²) in [6.45, 7) is 10.3. The van der Waals surface area contributed by atoms with Gasteiger partial charge in [-0.25, -0.2) is 0 Å². The van der Waals surface area contributed by atoms with Crippen molar-refractivity contribution in [2.24, 2.45) is 5.92 Å². The van der Waals surface area contributed by atoms with Crippen molar-refractivity contribution in [1.29, 1.82) is 0 Å². The second-order valence-corrected chi connectivity index (χ2v) is 2.76. The first-order valence-corrected chi connectivity index (χ1v) is 3.47. The molecule has 0 unspecified atom stereocenters. The molecule has 0 aliphatic carbocycles. The second-order valence-electron chi connectivity index (χ2n) is 2.76. The number of hydrogen-bond acceptors (Lipinski definition) is 0. The third kappa shape index (κ3) is 5.35. The molecular weight excluding hydrogens is 108 g/mol. The predicted octanol–water partition coefficient (Wildman–Crippen LogP) is 3.16. The molecule has 0 radical (unpaired) electrons. The number of allylic oxidation sites excluding steroid dienone is 3. The summed E-state index contributed by atoms with van der Waals surface area (Å²) in [7, 11) is 0. The maximum atomic E-state index is 3.90. The van der Waals surface area contributed by atoms with Gasteiger partial charge in [-0.05, 0) is 19.3 Å². The molecule has 0 aromatic rings. The molecule has 0 nitrogen and oxygen atoms in total. The van der Waals surface area contributed by atoms with Crippen molar-refractivity contribution in [3.8, 4) is 0 Å². The van der Waals surface area contributed by atoms with Gasteiger partial charge in [0.2, 0.25) is 0 Å². The molecule has 0 amide bonds. The Morgan fingerprint density at radius 3 is 2.44 bits per heavy atom. The van der Waals surface area contributed by atoms with E-state index in [0.29, 0.717) is 0 Å². The Balaban J connectivity index is 3.51. The quantitative estimate of drug-likeness (QED) is 0.507. The molecule has 0 bridgehead atoms. The lowest BCUT2D eigenvalue weighted by Crippen LogP contribution is -1.86. The Morgan fingerprint density at radius 1 is 1.56 bits per heavy atom. The third-order valence-electron chi connectivity index (χ3n) is 1.07. The first kappa shape index (κ1) is 8.48. The van der Waals surface area contributed by atoms with E-state index in [2.05, 4.69) is 26.5 Å². The van der Waals surface area contributed by atoms with Gasteiger partial charge in [0.1, 0.15) is 0 Å². The number of hydrogen-bond donors (Lipinski definition) is 0. The molecule has 0 atom stereocenters. The molecule has 0 aliphatic heterocycles. The minimum atomic E-state index is 0.730. The van der Waals surface area contributed by atoms with E-state index >= 15 is 0 Å². The van der Waals surface area contributed by atoms with Crippen molar-refractivity contribution < 1.29 is 0 Å². The zero-order valence-corrected chi connectivity index (χ0v) is 6.65. The van der Waals surface area contributed by atoms with E-state index in [4.69, 9.17) is 0 Å². The van der Waals surface area contributed by atoms with E-state index < -0.39 is 0 Å². The minimum absolute atomic E-state index is 0.730.